The van der Waals surface area contributed by atoms with Crippen molar-refractivity contribution < 1.29 is 4.79 Å². The number of hydrogen-bond donors (Lipinski definition) is 1. The second kappa shape index (κ2) is 4.58. The topological polar surface area (TPSA) is 29.1 Å². The van der Waals surface area contributed by atoms with Crippen molar-refractivity contribution in [2.24, 2.45) is 0 Å². The highest BCUT2D eigenvalue weighted by molar-refractivity contribution is 9.10. The third kappa shape index (κ3) is 2.06. The van der Waals surface area contributed by atoms with E-state index < -0.39 is 0 Å². The molecule has 0 spiro atoms. The molecule has 18 heavy (non-hydrogen) atoms. The largest absolute Gasteiger partial charge is 0.325 e. The molecule has 0 aromatic heterocycles. The van der Waals surface area contributed by atoms with E-state index in [9.17, 15) is 4.79 Å². The summed E-state index contributed by atoms with van der Waals surface area (Å²) in [6.07, 6.45) is 0.746. The first-order valence-corrected chi connectivity index (χ1v) is 6.67. The highest BCUT2D eigenvalue weighted by Crippen LogP contribution is 2.36. The summed E-state index contributed by atoms with van der Waals surface area (Å²) in [6.45, 7) is 0. The molecule has 0 unspecified atom stereocenters. The number of halogens is 1. The number of nitrogens with one attached hydrogen (secondary N) is 1. The van der Waals surface area contributed by atoms with Crippen molar-refractivity contribution in [3.8, 4) is 0 Å². The molecular formula is C15H12BrNO. The van der Waals surface area contributed by atoms with Crippen LogP contribution in [-0.2, 0) is 11.2 Å². The fourth-order valence-corrected chi connectivity index (χ4v) is 2.73. The number of carbonyl (C=O) groups excluding carboxylic acids is 1. The molecule has 1 N–H and O–H groups in total. The van der Waals surface area contributed by atoms with Crippen LogP contribution in [0.1, 0.15) is 17.0 Å². The van der Waals surface area contributed by atoms with Gasteiger partial charge in [0.25, 0.3) is 0 Å². The predicted octanol–water partition coefficient (Wildman–Crippen LogP) is 3.73. The van der Waals surface area contributed by atoms with Crippen LogP contribution in [-0.4, -0.2) is 5.91 Å². The zero-order valence-electron chi connectivity index (χ0n) is 9.69. The van der Waals surface area contributed by atoms with Crippen LogP contribution in [0.4, 0.5) is 5.69 Å². The summed E-state index contributed by atoms with van der Waals surface area (Å²) in [5, 5.41) is 2.94. The Labute approximate surface area is 114 Å². The Balaban J connectivity index is 1.94. The van der Waals surface area contributed by atoms with E-state index >= 15 is 0 Å². The number of anilines is 1. The minimum absolute atomic E-state index is 0.0834. The molecule has 1 aliphatic heterocycles. The van der Waals surface area contributed by atoms with Gasteiger partial charge < -0.3 is 5.32 Å². The minimum Gasteiger partial charge on any atom is -0.325 e. The van der Waals surface area contributed by atoms with Crippen molar-refractivity contribution in [3.63, 3.8) is 0 Å². The number of carbonyl (C=O) groups is 1. The molecule has 0 fully saturated rings. The molecule has 90 valence electrons. The Bertz CT molecular complexity index is 595. The number of hydrogen-bond acceptors (Lipinski definition) is 1. The standard InChI is InChI=1S/C15H12BrNO/c16-11-6-7-14-12(9-11)13(15(18)17-14)8-10-4-2-1-3-5-10/h1-7,9,13H,8H2,(H,17,18)/t13-/m1/s1. The lowest BCUT2D eigenvalue weighted by molar-refractivity contribution is -0.117. The van der Waals surface area contributed by atoms with Crippen LogP contribution < -0.4 is 5.32 Å². The summed E-state index contributed by atoms with van der Waals surface area (Å²) in [7, 11) is 0. The normalized spacial score (nSPS) is 17.4. The van der Waals surface area contributed by atoms with Crippen molar-refractivity contribution >= 4 is 27.5 Å². The summed E-state index contributed by atoms with van der Waals surface area (Å²) < 4.78 is 1.01. The molecule has 2 nitrogen and oxygen atoms in total. The average molecular weight is 302 g/mol. The first-order valence-electron chi connectivity index (χ1n) is 5.88. The van der Waals surface area contributed by atoms with Crippen LogP contribution in [0, 0.1) is 0 Å². The lowest BCUT2D eigenvalue weighted by Crippen LogP contribution is -2.14. The average Bonchev–Trinajstić information content (AvgIpc) is 2.67. The highest BCUT2D eigenvalue weighted by Gasteiger charge is 2.30. The van der Waals surface area contributed by atoms with Crippen LogP contribution in [0.25, 0.3) is 0 Å². The maximum atomic E-state index is 12.0. The molecule has 1 atom stereocenters. The molecule has 0 bridgehead atoms. The molecule has 0 saturated carbocycles. The van der Waals surface area contributed by atoms with Crippen molar-refractivity contribution in [2.45, 2.75) is 12.3 Å². The van der Waals surface area contributed by atoms with E-state index in [1.807, 2.05) is 36.4 Å². The van der Waals surface area contributed by atoms with Crippen LogP contribution in [0.3, 0.4) is 0 Å². The fraction of sp³-hybridized carbons (Fsp3) is 0.133. The molecule has 1 aliphatic rings. The van der Waals surface area contributed by atoms with Gasteiger partial charge >= 0.3 is 0 Å². The highest BCUT2D eigenvalue weighted by atomic mass is 79.9. The van der Waals surface area contributed by atoms with Gasteiger partial charge in [-0.3, -0.25) is 4.79 Å². The van der Waals surface area contributed by atoms with Crippen LogP contribution in [0.5, 0.6) is 0 Å². The Hall–Kier alpha value is -1.61. The SMILES string of the molecule is O=C1Nc2ccc(Br)cc2[C@H]1Cc1ccccc1. The molecule has 3 heteroatoms. The van der Waals surface area contributed by atoms with E-state index in [1.54, 1.807) is 0 Å². The molecular weight excluding hydrogens is 290 g/mol. The van der Waals surface area contributed by atoms with Crippen LogP contribution in [0.2, 0.25) is 0 Å². The van der Waals surface area contributed by atoms with E-state index in [2.05, 4.69) is 33.4 Å². The van der Waals surface area contributed by atoms with Gasteiger partial charge in [0.15, 0.2) is 0 Å². The van der Waals surface area contributed by atoms with E-state index in [1.165, 1.54) is 5.56 Å². The first kappa shape index (κ1) is 11.5. The van der Waals surface area contributed by atoms with Gasteiger partial charge in [-0.15, -0.1) is 0 Å². The third-order valence-electron chi connectivity index (χ3n) is 3.25. The van der Waals surface area contributed by atoms with Crippen LogP contribution >= 0.6 is 15.9 Å². The van der Waals surface area contributed by atoms with Gasteiger partial charge in [0.2, 0.25) is 5.91 Å². The van der Waals surface area contributed by atoms with Gasteiger partial charge in [-0.05, 0) is 35.7 Å². The van der Waals surface area contributed by atoms with Gasteiger partial charge in [-0.1, -0.05) is 46.3 Å². The Morgan fingerprint density at radius 2 is 1.89 bits per heavy atom. The lowest BCUT2D eigenvalue weighted by atomic mass is 9.93. The maximum absolute atomic E-state index is 12.0. The third-order valence-corrected chi connectivity index (χ3v) is 3.74. The lowest BCUT2D eigenvalue weighted by Gasteiger charge is -2.09. The predicted molar refractivity (Wildman–Crippen MR) is 75.7 cm³/mol. The molecule has 1 heterocycles. The summed E-state index contributed by atoms with van der Waals surface area (Å²) >= 11 is 3.46. The zero-order chi connectivity index (χ0) is 12.5. The second-order valence-corrected chi connectivity index (χ2v) is 5.38. The number of rotatable bonds is 2. The van der Waals surface area contributed by atoms with Crippen molar-refractivity contribution in [3.05, 3.63) is 64.1 Å². The van der Waals surface area contributed by atoms with Gasteiger partial charge in [0.1, 0.15) is 0 Å². The van der Waals surface area contributed by atoms with Gasteiger partial charge in [-0.25, -0.2) is 0 Å². The molecule has 0 aliphatic carbocycles. The number of fused-ring (bicyclic) bond motifs is 1. The fourth-order valence-electron chi connectivity index (χ4n) is 2.35. The van der Waals surface area contributed by atoms with Crippen LogP contribution in [0.15, 0.2) is 53.0 Å². The minimum atomic E-state index is -0.0834. The van der Waals surface area contributed by atoms with E-state index in [0.29, 0.717) is 0 Å². The van der Waals surface area contributed by atoms with Crippen molar-refractivity contribution in [1.29, 1.82) is 0 Å². The molecule has 0 saturated heterocycles. The molecule has 1 amide bonds. The quantitative estimate of drug-likeness (QED) is 0.900. The summed E-state index contributed by atoms with van der Waals surface area (Å²) in [5.41, 5.74) is 3.20. The molecule has 0 radical (unpaired) electrons. The molecule has 3 rings (SSSR count). The summed E-state index contributed by atoms with van der Waals surface area (Å²) in [6, 6.07) is 16.0. The van der Waals surface area contributed by atoms with E-state index in [0.717, 1.165) is 22.1 Å². The van der Waals surface area contributed by atoms with Gasteiger partial charge in [0.05, 0.1) is 5.92 Å². The molecule has 2 aromatic carbocycles. The van der Waals surface area contributed by atoms with Gasteiger partial charge in [-0.2, -0.15) is 0 Å². The second-order valence-electron chi connectivity index (χ2n) is 4.46. The van der Waals surface area contributed by atoms with Gasteiger partial charge in [0, 0.05) is 10.2 Å². The Morgan fingerprint density at radius 3 is 2.67 bits per heavy atom. The van der Waals surface area contributed by atoms with Crippen molar-refractivity contribution in [2.75, 3.05) is 5.32 Å². The smallest absolute Gasteiger partial charge is 0.232 e. The zero-order valence-corrected chi connectivity index (χ0v) is 11.3. The summed E-state index contributed by atoms with van der Waals surface area (Å²) in [4.78, 5) is 12.0. The molecule has 2 aromatic rings. The Kier molecular flexibility index (Phi) is 2.92. The number of amides is 1. The summed E-state index contributed by atoms with van der Waals surface area (Å²) in [5.74, 6) is 0.00635. The monoisotopic (exact) mass is 301 g/mol. The number of benzene rings is 2. The maximum Gasteiger partial charge on any atom is 0.232 e. The van der Waals surface area contributed by atoms with E-state index in [4.69, 9.17) is 0 Å². The first-order chi connectivity index (χ1) is 8.74. The van der Waals surface area contributed by atoms with Crippen molar-refractivity contribution in [1.82, 2.24) is 0 Å². The Morgan fingerprint density at radius 1 is 1.11 bits per heavy atom. The van der Waals surface area contributed by atoms with E-state index in [-0.39, 0.29) is 11.8 Å².